The quantitative estimate of drug-likeness (QED) is 0.739. The number of amides is 1. The van der Waals surface area contributed by atoms with Crippen LogP contribution in [0.15, 0.2) is 18.3 Å². The number of rotatable bonds is 4. The van der Waals surface area contributed by atoms with E-state index in [-0.39, 0.29) is 12.5 Å². The van der Waals surface area contributed by atoms with Gasteiger partial charge < -0.3 is 15.8 Å². The molecule has 0 saturated carbocycles. The highest BCUT2D eigenvalue weighted by atomic mass is 16.5. The topological polar surface area (TPSA) is 77.2 Å². The predicted octanol–water partition coefficient (Wildman–Crippen LogP) is 0.639. The van der Waals surface area contributed by atoms with Crippen molar-refractivity contribution in [3.05, 3.63) is 18.3 Å². The van der Waals surface area contributed by atoms with Crippen LogP contribution in [0.4, 0.5) is 11.5 Å². The average Bonchev–Trinajstić information content (AvgIpc) is 2.18. The number of hydrogen-bond acceptors (Lipinski definition) is 4. The van der Waals surface area contributed by atoms with E-state index in [1.165, 1.54) is 6.20 Å². The van der Waals surface area contributed by atoms with Gasteiger partial charge in [-0.25, -0.2) is 4.98 Å². The number of carbonyl (C=O) groups excluding carboxylic acids is 1. The molecule has 14 heavy (non-hydrogen) atoms. The van der Waals surface area contributed by atoms with Crippen molar-refractivity contribution in [1.29, 1.82) is 0 Å². The van der Waals surface area contributed by atoms with Gasteiger partial charge in [0.05, 0.1) is 11.9 Å². The number of nitrogen functional groups attached to an aromatic ring is 1. The maximum atomic E-state index is 11.1. The van der Waals surface area contributed by atoms with Crippen LogP contribution in [0.25, 0.3) is 0 Å². The van der Waals surface area contributed by atoms with Gasteiger partial charge in [0.15, 0.2) is 0 Å². The molecule has 0 unspecified atom stereocenters. The van der Waals surface area contributed by atoms with Gasteiger partial charge in [0.25, 0.3) is 5.91 Å². The van der Waals surface area contributed by atoms with Crippen LogP contribution in [0.2, 0.25) is 0 Å². The van der Waals surface area contributed by atoms with Gasteiger partial charge in [0.2, 0.25) is 0 Å². The van der Waals surface area contributed by atoms with Gasteiger partial charge in [0.1, 0.15) is 12.4 Å². The molecule has 0 spiro atoms. The second kappa shape index (κ2) is 5.18. The molecule has 1 heterocycles. The molecule has 0 bridgehead atoms. The molecule has 5 nitrogen and oxygen atoms in total. The van der Waals surface area contributed by atoms with E-state index >= 15 is 0 Å². The third kappa shape index (κ3) is 3.40. The van der Waals surface area contributed by atoms with Gasteiger partial charge in [-0.15, -0.1) is 0 Å². The maximum absolute atomic E-state index is 11.1. The molecule has 0 saturated heterocycles. The van der Waals surface area contributed by atoms with Crippen molar-refractivity contribution in [2.45, 2.75) is 6.92 Å². The molecule has 1 aromatic rings. The third-order valence-corrected chi connectivity index (χ3v) is 1.49. The summed E-state index contributed by atoms with van der Waals surface area (Å²) in [5.41, 5.74) is 6.00. The molecule has 1 rings (SSSR count). The second-order valence-corrected chi connectivity index (χ2v) is 2.66. The van der Waals surface area contributed by atoms with Gasteiger partial charge in [-0.1, -0.05) is 0 Å². The summed E-state index contributed by atoms with van der Waals surface area (Å²) in [6.45, 7) is 2.39. The summed E-state index contributed by atoms with van der Waals surface area (Å²) in [6, 6.07) is 3.31. The molecular formula is C9H13N3O2. The van der Waals surface area contributed by atoms with Crippen LogP contribution in [0.3, 0.4) is 0 Å². The fourth-order valence-corrected chi connectivity index (χ4v) is 0.853. The van der Waals surface area contributed by atoms with Crippen molar-refractivity contribution in [1.82, 2.24) is 4.98 Å². The number of hydrogen-bond donors (Lipinski definition) is 2. The molecule has 1 aromatic heterocycles. The van der Waals surface area contributed by atoms with E-state index < -0.39 is 0 Å². The lowest BCUT2D eigenvalue weighted by molar-refractivity contribution is -0.120. The largest absolute Gasteiger partial charge is 0.397 e. The van der Waals surface area contributed by atoms with Crippen LogP contribution in [-0.2, 0) is 9.53 Å². The smallest absolute Gasteiger partial charge is 0.251 e. The Kier molecular flexibility index (Phi) is 3.87. The number of anilines is 2. The summed E-state index contributed by atoms with van der Waals surface area (Å²) in [5, 5.41) is 2.57. The summed E-state index contributed by atoms with van der Waals surface area (Å²) < 4.78 is 4.93. The number of pyridine rings is 1. The molecule has 0 radical (unpaired) electrons. The van der Waals surface area contributed by atoms with Crippen LogP contribution in [0.1, 0.15) is 6.92 Å². The predicted molar refractivity (Wildman–Crippen MR) is 53.8 cm³/mol. The van der Waals surface area contributed by atoms with E-state index in [1.54, 1.807) is 12.1 Å². The molecule has 0 aliphatic carbocycles. The highest BCUT2D eigenvalue weighted by Gasteiger charge is 2.01. The summed E-state index contributed by atoms with van der Waals surface area (Å²) in [7, 11) is 0. The van der Waals surface area contributed by atoms with Gasteiger partial charge in [0, 0.05) is 6.61 Å². The Hall–Kier alpha value is -1.62. The van der Waals surface area contributed by atoms with Gasteiger partial charge in [-0.05, 0) is 19.1 Å². The minimum Gasteiger partial charge on any atom is -0.397 e. The number of ether oxygens (including phenoxy) is 1. The minimum atomic E-state index is -0.218. The molecule has 76 valence electrons. The molecule has 0 fully saturated rings. The first-order valence-electron chi connectivity index (χ1n) is 4.31. The highest BCUT2D eigenvalue weighted by molar-refractivity contribution is 5.90. The van der Waals surface area contributed by atoms with Crippen molar-refractivity contribution >= 4 is 17.4 Å². The highest BCUT2D eigenvalue weighted by Crippen LogP contribution is 2.05. The number of nitrogens with zero attached hydrogens (tertiary/aromatic N) is 1. The van der Waals surface area contributed by atoms with Crippen molar-refractivity contribution in [2.75, 3.05) is 24.3 Å². The normalized spacial score (nSPS) is 9.79. The van der Waals surface area contributed by atoms with E-state index in [1.807, 2.05) is 6.92 Å². The Bertz CT molecular complexity index is 297. The van der Waals surface area contributed by atoms with E-state index in [0.717, 1.165) is 0 Å². The van der Waals surface area contributed by atoms with E-state index in [4.69, 9.17) is 10.5 Å². The number of nitrogens with two attached hydrogens (primary N) is 1. The monoisotopic (exact) mass is 195 g/mol. The first-order chi connectivity index (χ1) is 6.72. The molecule has 1 amide bonds. The standard InChI is InChI=1S/C9H13N3O2/c1-2-14-6-9(13)12-8-4-3-7(10)5-11-8/h3-5H,2,6,10H2,1H3,(H,11,12,13). The van der Waals surface area contributed by atoms with Crippen molar-refractivity contribution < 1.29 is 9.53 Å². The van der Waals surface area contributed by atoms with E-state index in [2.05, 4.69) is 10.3 Å². The average molecular weight is 195 g/mol. The first kappa shape index (κ1) is 10.5. The first-order valence-corrected chi connectivity index (χ1v) is 4.31. The molecule has 0 aromatic carbocycles. The summed E-state index contributed by atoms with van der Waals surface area (Å²) in [5.74, 6) is 0.257. The van der Waals surface area contributed by atoms with E-state index in [9.17, 15) is 4.79 Å². The third-order valence-electron chi connectivity index (χ3n) is 1.49. The van der Waals surface area contributed by atoms with Gasteiger partial charge >= 0.3 is 0 Å². The molecular weight excluding hydrogens is 182 g/mol. The summed E-state index contributed by atoms with van der Waals surface area (Å²) in [6.07, 6.45) is 1.48. The Balaban J connectivity index is 2.44. The molecule has 0 atom stereocenters. The lowest BCUT2D eigenvalue weighted by Gasteiger charge is -2.03. The zero-order valence-electron chi connectivity index (χ0n) is 7.99. The lowest BCUT2D eigenvalue weighted by Crippen LogP contribution is -2.18. The number of carbonyl (C=O) groups is 1. The summed E-state index contributed by atoms with van der Waals surface area (Å²) >= 11 is 0. The Morgan fingerprint density at radius 2 is 2.43 bits per heavy atom. The zero-order valence-corrected chi connectivity index (χ0v) is 7.99. The van der Waals surface area contributed by atoms with Crippen LogP contribution in [0.5, 0.6) is 0 Å². The Morgan fingerprint density at radius 1 is 1.64 bits per heavy atom. The fourth-order valence-electron chi connectivity index (χ4n) is 0.853. The molecule has 0 aliphatic rings. The lowest BCUT2D eigenvalue weighted by atomic mass is 10.4. The van der Waals surface area contributed by atoms with Crippen molar-refractivity contribution in [3.63, 3.8) is 0 Å². The maximum Gasteiger partial charge on any atom is 0.251 e. The molecule has 5 heteroatoms. The van der Waals surface area contributed by atoms with Crippen LogP contribution >= 0.6 is 0 Å². The van der Waals surface area contributed by atoms with Crippen LogP contribution in [0, 0.1) is 0 Å². The second-order valence-electron chi connectivity index (χ2n) is 2.66. The van der Waals surface area contributed by atoms with Gasteiger partial charge in [-0.3, -0.25) is 4.79 Å². The zero-order chi connectivity index (χ0) is 10.4. The fraction of sp³-hybridized carbons (Fsp3) is 0.333. The minimum absolute atomic E-state index is 0.0442. The van der Waals surface area contributed by atoms with Crippen LogP contribution < -0.4 is 11.1 Å². The number of aromatic nitrogens is 1. The Labute approximate surface area is 82.3 Å². The number of nitrogens with one attached hydrogen (secondary N) is 1. The molecule has 0 aliphatic heterocycles. The van der Waals surface area contributed by atoms with Crippen molar-refractivity contribution in [3.8, 4) is 0 Å². The molecule has 3 N–H and O–H groups in total. The Morgan fingerprint density at radius 3 is 3.00 bits per heavy atom. The van der Waals surface area contributed by atoms with Gasteiger partial charge in [-0.2, -0.15) is 0 Å². The van der Waals surface area contributed by atoms with Crippen LogP contribution in [-0.4, -0.2) is 24.1 Å². The summed E-state index contributed by atoms with van der Waals surface area (Å²) in [4.78, 5) is 15.1. The van der Waals surface area contributed by atoms with E-state index in [0.29, 0.717) is 18.1 Å². The van der Waals surface area contributed by atoms with Crippen molar-refractivity contribution in [2.24, 2.45) is 0 Å². The SMILES string of the molecule is CCOCC(=O)Nc1ccc(N)cn1.